The molecule has 0 unspecified atom stereocenters. The first-order chi connectivity index (χ1) is 8.41. The predicted molar refractivity (Wildman–Crippen MR) is 67.4 cm³/mol. The van der Waals surface area contributed by atoms with Crippen molar-refractivity contribution in [1.82, 2.24) is 4.98 Å². The Hall–Kier alpha value is -2.11. The van der Waals surface area contributed by atoms with Crippen LogP contribution in [-0.4, -0.2) is 35.1 Å². The third-order valence-corrected chi connectivity index (χ3v) is 2.26. The Morgan fingerprint density at radius 2 is 2.17 bits per heavy atom. The topological polar surface area (TPSA) is 96.5 Å². The highest BCUT2D eigenvalue weighted by molar-refractivity contribution is 5.98. The van der Waals surface area contributed by atoms with Crippen molar-refractivity contribution in [3.05, 3.63) is 23.9 Å². The molecule has 98 valence electrons. The monoisotopic (exact) mass is 251 g/mol. The zero-order valence-electron chi connectivity index (χ0n) is 10.5. The van der Waals surface area contributed by atoms with Crippen LogP contribution in [0.3, 0.4) is 0 Å². The number of hydrogen-bond acceptors (Lipinski definition) is 4. The van der Waals surface area contributed by atoms with Crippen LogP contribution < -0.4 is 10.6 Å². The van der Waals surface area contributed by atoms with Crippen LogP contribution >= 0.6 is 0 Å². The van der Waals surface area contributed by atoms with Crippen molar-refractivity contribution in [3.8, 4) is 0 Å². The third kappa shape index (κ3) is 3.73. The van der Waals surface area contributed by atoms with E-state index >= 15 is 0 Å². The number of carbonyl (C=O) groups excluding carboxylic acids is 1. The number of nitrogens with zero attached hydrogens (tertiary/aromatic N) is 2. The zero-order valence-corrected chi connectivity index (χ0v) is 10.5. The summed E-state index contributed by atoms with van der Waals surface area (Å²) in [5.74, 6) is -1.03. The molecule has 3 N–H and O–H groups in total. The van der Waals surface area contributed by atoms with E-state index < -0.39 is 11.9 Å². The van der Waals surface area contributed by atoms with E-state index in [0.29, 0.717) is 12.4 Å². The van der Waals surface area contributed by atoms with Gasteiger partial charge in [0, 0.05) is 12.7 Å². The third-order valence-electron chi connectivity index (χ3n) is 2.26. The minimum Gasteiger partial charge on any atom is -0.480 e. The molecule has 1 amide bonds. The van der Waals surface area contributed by atoms with Gasteiger partial charge in [0.05, 0.1) is 5.56 Å². The van der Waals surface area contributed by atoms with Gasteiger partial charge in [-0.05, 0) is 18.1 Å². The molecule has 0 atom stereocenters. The summed E-state index contributed by atoms with van der Waals surface area (Å²) in [6.45, 7) is 4.20. The minimum atomic E-state index is -0.975. The highest BCUT2D eigenvalue weighted by Gasteiger charge is 2.19. The summed E-state index contributed by atoms with van der Waals surface area (Å²) in [5, 5.41) is 8.90. The SMILES string of the molecule is CC(C)CN(CC(=O)O)c1ncccc1C(N)=O. The van der Waals surface area contributed by atoms with Gasteiger partial charge in [0.15, 0.2) is 0 Å². The maximum atomic E-state index is 11.3. The van der Waals surface area contributed by atoms with Crippen LogP contribution in [-0.2, 0) is 4.79 Å². The molecule has 0 radical (unpaired) electrons. The molecule has 1 rings (SSSR count). The first-order valence-corrected chi connectivity index (χ1v) is 5.63. The number of rotatable bonds is 6. The molecule has 6 heteroatoms. The molecule has 0 fully saturated rings. The fraction of sp³-hybridized carbons (Fsp3) is 0.417. The average molecular weight is 251 g/mol. The molecule has 0 aliphatic rings. The average Bonchev–Trinajstić information content (AvgIpc) is 2.26. The molecule has 1 aromatic heterocycles. The standard InChI is InChI=1S/C12H17N3O3/c1-8(2)6-15(7-10(16)17)12-9(11(13)18)4-3-5-14-12/h3-5,8H,6-7H2,1-2H3,(H2,13,18)(H,16,17). The van der Waals surface area contributed by atoms with Crippen LogP contribution in [0, 0.1) is 5.92 Å². The summed E-state index contributed by atoms with van der Waals surface area (Å²) in [6.07, 6.45) is 1.51. The fourth-order valence-corrected chi connectivity index (χ4v) is 1.67. The molecular weight excluding hydrogens is 234 g/mol. The second-order valence-corrected chi connectivity index (χ2v) is 4.41. The van der Waals surface area contributed by atoms with Crippen LogP contribution in [0.2, 0.25) is 0 Å². The lowest BCUT2D eigenvalue weighted by molar-refractivity contribution is -0.135. The Morgan fingerprint density at radius 1 is 1.50 bits per heavy atom. The second kappa shape index (κ2) is 6.00. The Labute approximate surface area is 105 Å². The molecule has 0 saturated carbocycles. The van der Waals surface area contributed by atoms with E-state index in [1.807, 2.05) is 13.8 Å². The van der Waals surface area contributed by atoms with Crippen molar-refractivity contribution in [2.24, 2.45) is 11.7 Å². The molecule has 0 saturated heterocycles. The summed E-state index contributed by atoms with van der Waals surface area (Å²) in [7, 11) is 0. The molecule has 0 spiro atoms. The minimum absolute atomic E-state index is 0.213. The van der Waals surface area contributed by atoms with Crippen LogP contribution in [0.5, 0.6) is 0 Å². The molecule has 1 aromatic rings. The maximum absolute atomic E-state index is 11.3. The largest absolute Gasteiger partial charge is 0.480 e. The van der Waals surface area contributed by atoms with Gasteiger partial charge in [-0.25, -0.2) is 4.98 Å². The van der Waals surface area contributed by atoms with E-state index in [4.69, 9.17) is 10.8 Å². The van der Waals surface area contributed by atoms with Crippen molar-refractivity contribution >= 4 is 17.7 Å². The van der Waals surface area contributed by atoms with Gasteiger partial charge in [0.25, 0.3) is 5.91 Å². The van der Waals surface area contributed by atoms with Gasteiger partial charge in [-0.3, -0.25) is 9.59 Å². The molecule has 0 aromatic carbocycles. The Kier molecular flexibility index (Phi) is 4.65. The molecule has 0 aliphatic carbocycles. The Bertz CT molecular complexity index is 446. The number of nitrogens with two attached hydrogens (primary N) is 1. The molecular formula is C12H17N3O3. The smallest absolute Gasteiger partial charge is 0.323 e. The van der Waals surface area contributed by atoms with Crippen molar-refractivity contribution in [2.75, 3.05) is 18.0 Å². The van der Waals surface area contributed by atoms with Gasteiger partial charge in [-0.2, -0.15) is 0 Å². The maximum Gasteiger partial charge on any atom is 0.323 e. The normalized spacial score (nSPS) is 10.4. The highest BCUT2D eigenvalue weighted by atomic mass is 16.4. The number of carboxylic acids is 1. The van der Waals surface area contributed by atoms with Gasteiger partial charge in [-0.15, -0.1) is 0 Å². The Balaban J connectivity index is 3.11. The van der Waals surface area contributed by atoms with Gasteiger partial charge in [-0.1, -0.05) is 13.8 Å². The van der Waals surface area contributed by atoms with Gasteiger partial charge in [0.2, 0.25) is 0 Å². The number of aromatic nitrogens is 1. The summed E-state index contributed by atoms with van der Waals surface area (Å²) in [6, 6.07) is 3.14. The quantitative estimate of drug-likeness (QED) is 0.776. The lowest BCUT2D eigenvalue weighted by atomic mass is 10.1. The predicted octanol–water partition coefficient (Wildman–Crippen LogP) is 0.727. The lowest BCUT2D eigenvalue weighted by Gasteiger charge is -2.25. The van der Waals surface area contributed by atoms with Gasteiger partial charge < -0.3 is 15.7 Å². The summed E-state index contributed by atoms with van der Waals surface area (Å²) < 4.78 is 0. The number of hydrogen-bond donors (Lipinski definition) is 2. The molecule has 1 heterocycles. The second-order valence-electron chi connectivity index (χ2n) is 4.41. The number of pyridine rings is 1. The van der Waals surface area contributed by atoms with Crippen LogP contribution in [0.4, 0.5) is 5.82 Å². The number of primary amides is 1. The van der Waals surface area contributed by atoms with Crippen molar-refractivity contribution in [2.45, 2.75) is 13.8 Å². The van der Waals surface area contributed by atoms with Crippen molar-refractivity contribution in [3.63, 3.8) is 0 Å². The van der Waals surface area contributed by atoms with E-state index in [1.54, 1.807) is 17.0 Å². The lowest BCUT2D eigenvalue weighted by Crippen LogP contribution is -2.35. The number of carbonyl (C=O) groups is 2. The van der Waals surface area contributed by atoms with E-state index in [9.17, 15) is 9.59 Å². The van der Waals surface area contributed by atoms with Crippen molar-refractivity contribution < 1.29 is 14.7 Å². The summed E-state index contributed by atoms with van der Waals surface area (Å²) in [5.41, 5.74) is 5.50. The Morgan fingerprint density at radius 3 is 2.67 bits per heavy atom. The number of aliphatic carboxylic acids is 1. The van der Waals surface area contributed by atoms with Crippen LogP contribution in [0.15, 0.2) is 18.3 Å². The first-order valence-electron chi connectivity index (χ1n) is 5.63. The highest BCUT2D eigenvalue weighted by Crippen LogP contribution is 2.17. The van der Waals surface area contributed by atoms with E-state index in [0.717, 1.165) is 0 Å². The first kappa shape index (κ1) is 14.0. The summed E-state index contributed by atoms with van der Waals surface area (Å²) in [4.78, 5) is 27.8. The number of amides is 1. The van der Waals surface area contributed by atoms with Crippen LogP contribution in [0.25, 0.3) is 0 Å². The molecule has 6 nitrogen and oxygen atoms in total. The van der Waals surface area contributed by atoms with Gasteiger partial charge in [0.1, 0.15) is 12.4 Å². The van der Waals surface area contributed by atoms with Crippen molar-refractivity contribution in [1.29, 1.82) is 0 Å². The van der Waals surface area contributed by atoms with E-state index in [1.165, 1.54) is 6.20 Å². The molecule has 0 aliphatic heterocycles. The zero-order chi connectivity index (χ0) is 13.7. The van der Waals surface area contributed by atoms with E-state index in [-0.39, 0.29) is 18.0 Å². The van der Waals surface area contributed by atoms with Gasteiger partial charge >= 0.3 is 5.97 Å². The van der Waals surface area contributed by atoms with E-state index in [2.05, 4.69) is 4.98 Å². The molecule has 0 bridgehead atoms. The number of anilines is 1. The number of carboxylic acid groups (broad SMARTS) is 1. The van der Waals surface area contributed by atoms with Crippen LogP contribution in [0.1, 0.15) is 24.2 Å². The fourth-order valence-electron chi connectivity index (χ4n) is 1.67. The molecule has 18 heavy (non-hydrogen) atoms. The summed E-state index contributed by atoms with van der Waals surface area (Å²) >= 11 is 0.